The Kier molecular flexibility index (Phi) is 7.41. The Labute approximate surface area is 126 Å². The molecule has 0 saturated heterocycles. The molecule has 2 saturated carbocycles. The lowest BCUT2D eigenvalue weighted by atomic mass is 9.70. The number of hydrogen-bond acceptors (Lipinski definition) is 1. The Morgan fingerprint density at radius 2 is 1.55 bits per heavy atom. The second-order valence-electron chi connectivity index (χ2n) is 7.56. The Morgan fingerprint density at radius 3 is 2.25 bits per heavy atom. The standard InChI is InChI=1S/C19H36O/c1-2-3-4-5-6-8-16-11-13-17(14-12-16)18-9-7-10-19(20)15-18/h16-20H,2-15H2,1H3/t16-,17+,18-,19-/m1/s1. The van der Waals surface area contributed by atoms with Crippen molar-refractivity contribution in [1.82, 2.24) is 0 Å². The molecule has 2 atom stereocenters. The number of aliphatic hydroxyl groups is 1. The van der Waals surface area contributed by atoms with E-state index in [-0.39, 0.29) is 6.10 Å². The zero-order valence-electron chi connectivity index (χ0n) is 13.7. The van der Waals surface area contributed by atoms with Gasteiger partial charge in [0.2, 0.25) is 0 Å². The quantitative estimate of drug-likeness (QED) is 0.593. The van der Waals surface area contributed by atoms with Gasteiger partial charge in [0.25, 0.3) is 0 Å². The van der Waals surface area contributed by atoms with E-state index in [1.165, 1.54) is 77.0 Å². The molecule has 0 bridgehead atoms. The molecule has 0 radical (unpaired) electrons. The lowest BCUT2D eigenvalue weighted by molar-refractivity contribution is 0.0639. The van der Waals surface area contributed by atoms with Gasteiger partial charge in [0.15, 0.2) is 0 Å². The zero-order valence-corrected chi connectivity index (χ0v) is 13.7. The lowest BCUT2D eigenvalue weighted by Gasteiger charge is -2.37. The topological polar surface area (TPSA) is 20.2 Å². The molecule has 118 valence electrons. The fourth-order valence-corrected chi connectivity index (χ4v) is 4.61. The molecule has 0 aliphatic heterocycles. The second-order valence-corrected chi connectivity index (χ2v) is 7.56. The highest BCUT2D eigenvalue weighted by Gasteiger charge is 2.30. The SMILES string of the molecule is CCCCCCC[C@H]1CC[C@@H]([C@@H]2CCC[C@@H](O)C2)CC1. The molecular formula is C19H36O. The van der Waals surface area contributed by atoms with Crippen LogP contribution in [0.2, 0.25) is 0 Å². The molecular weight excluding hydrogens is 244 g/mol. The summed E-state index contributed by atoms with van der Waals surface area (Å²) in [6.45, 7) is 2.30. The van der Waals surface area contributed by atoms with Crippen molar-refractivity contribution in [3.8, 4) is 0 Å². The maximum Gasteiger partial charge on any atom is 0.0543 e. The van der Waals surface area contributed by atoms with Crippen molar-refractivity contribution in [2.45, 2.75) is 103 Å². The summed E-state index contributed by atoms with van der Waals surface area (Å²) in [4.78, 5) is 0. The van der Waals surface area contributed by atoms with Crippen LogP contribution in [0.15, 0.2) is 0 Å². The molecule has 2 aliphatic carbocycles. The largest absolute Gasteiger partial charge is 0.393 e. The maximum atomic E-state index is 9.85. The van der Waals surface area contributed by atoms with Crippen molar-refractivity contribution in [1.29, 1.82) is 0 Å². The molecule has 0 aromatic rings. The third kappa shape index (κ3) is 5.39. The van der Waals surface area contributed by atoms with Crippen LogP contribution in [0.3, 0.4) is 0 Å². The summed E-state index contributed by atoms with van der Waals surface area (Å²) in [5.74, 6) is 2.83. The summed E-state index contributed by atoms with van der Waals surface area (Å²) in [5.41, 5.74) is 0. The van der Waals surface area contributed by atoms with Gasteiger partial charge in [-0.1, -0.05) is 64.7 Å². The monoisotopic (exact) mass is 280 g/mol. The summed E-state index contributed by atoms with van der Waals surface area (Å²) in [6.07, 6.45) is 19.4. The number of rotatable bonds is 7. The Hall–Kier alpha value is -0.0400. The highest BCUT2D eigenvalue weighted by atomic mass is 16.3. The van der Waals surface area contributed by atoms with Crippen LogP contribution in [-0.4, -0.2) is 11.2 Å². The minimum absolute atomic E-state index is 0.0186. The minimum atomic E-state index is 0.0186. The molecule has 0 aromatic heterocycles. The van der Waals surface area contributed by atoms with E-state index in [4.69, 9.17) is 0 Å². The normalized spacial score (nSPS) is 35.1. The fourth-order valence-electron chi connectivity index (χ4n) is 4.61. The third-order valence-corrected chi connectivity index (χ3v) is 5.96. The average Bonchev–Trinajstić information content (AvgIpc) is 2.48. The van der Waals surface area contributed by atoms with Crippen molar-refractivity contribution < 1.29 is 5.11 Å². The predicted octanol–water partition coefficient (Wildman–Crippen LogP) is 5.70. The molecule has 1 nitrogen and oxygen atoms in total. The van der Waals surface area contributed by atoms with Crippen LogP contribution in [0.5, 0.6) is 0 Å². The molecule has 1 N–H and O–H groups in total. The van der Waals surface area contributed by atoms with Gasteiger partial charge in [-0.25, -0.2) is 0 Å². The van der Waals surface area contributed by atoms with E-state index in [2.05, 4.69) is 6.92 Å². The van der Waals surface area contributed by atoms with Crippen molar-refractivity contribution in [3.63, 3.8) is 0 Å². The van der Waals surface area contributed by atoms with E-state index >= 15 is 0 Å². The number of unbranched alkanes of at least 4 members (excludes halogenated alkanes) is 4. The van der Waals surface area contributed by atoms with Crippen LogP contribution in [0.1, 0.15) is 96.8 Å². The molecule has 0 spiro atoms. The smallest absolute Gasteiger partial charge is 0.0543 e. The highest BCUT2D eigenvalue weighted by Crippen LogP contribution is 2.41. The van der Waals surface area contributed by atoms with E-state index in [0.717, 1.165) is 30.6 Å². The van der Waals surface area contributed by atoms with Gasteiger partial charge in [-0.2, -0.15) is 0 Å². The average molecular weight is 280 g/mol. The molecule has 2 fully saturated rings. The zero-order chi connectivity index (χ0) is 14.2. The van der Waals surface area contributed by atoms with E-state index < -0.39 is 0 Å². The molecule has 2 rings (SSSR count). The fraction of sp³-hybridized carbons (Fsp3) is 1.00. The van der Waals surface area contributed by atoms with E-state index in [9.17, 15) is 5.11 Å². The molecule has 2 aliphatic rings. The predicted molar refractivity (Wildman–Crippen MR) is 86.8 cm³/mol. The second kappa shape index (κ2) is 9.07. The third-order valence-electron chi connectivity index (χ3n) is 5.96. The van der Waals surface area contributed by atoms with Crippen molar-refractivity contribution in [3.05, 3.63) is 0 Å². The highest BCUT2D eigenvalue weighted by molar-refractivity contribution is 4.82. The van der Waals surface area contributed by atoms with E-state index in [0.29, 0.717) is 0 Å². The summed E-state index contributed by atoms with van der Waals surface area (Å²) >= 11 is 0. The van der Waals surface area contributed by atoms with E-state index in [1.54, 1.807) is 0 Å². The van der Waals surface area contributed by atoms with Crippen LogP contribution >= 0.6 is 0 Å². The first-order valence-electron chi connectivity index (χ1n) is 9.47. The number of aliphatic hydroxyl groups excluding tert-OH is 1. The van der Waals surface area contributed by atoms with Gasteiger partial charge in [0.05, 0.1) is 6.10 Å². The van der Waals surface area contributed by atoms with Gasteiger partial charge < -0.3 is 5.11 Å². The van der Waals surface area contributed by atoms with E-state index in [1.807, 2.05) is 0 Å². The molecule has 1 heteroatoms. The maximum absolute atomic E-state index is 9.85. The van der Waals surface area contributed by atoms with Gasteiger partial charge in [0, 0.05) is 0 Å². The van der Waals surface area contributed by atoms with Gasteiger partial charge >= 0.3 is 0 Å². The molecule has 0 amide bonds. The van der Waals surface area contributed by atoms with Gasteiger partial charge in [0.1, 0.15) is 0 Å². The van der Waals surface area contributed by atoms with Crippen LogP contribution < -0.4 is 0 Å². The Balaban J connectivity index is 1.57. The Bertz CT molecular complexity index is 242. The van der Waals surface area contributed by atoms with Crippen LogP contribution in [0.25, 0.3) is 0 Å². The summed E-state index contributed by atoms with van der Waals surface area (Å²) in [5, 5.41) is 9.85. The van der Waals surface area contributed by atoms with Crippen LogP contribution in [0, 0.1) is 17.8 Å². The number of hydrogen-bond donors (Lipinski definition) is 1. The van der Waals surface area contributed by atoms with Gasteiger partial charge in [-0.3, -0.25) is 0 Å². The first-order valence-corrected chi connectivity index (χ1v) is 9.47. The summed E-state index contributed by atoms with van der Waals surface area (Å²) in [7, 11) is 0. The molecule has 0 aromatic carbocycles. The van der Waals surface area contributed by atoms with Crippen molar-refractivity contribution >= 4 is 0 Å². The molecule has 20 heavy (non-hydrogen) atoms. The first-order chi connectivity index (χ1) is 9.79. The Morgan fingerprint density at radius 1 is 0.800 bits per heavy atom. The lowest BCUT2D eigenvalue weighted by Crippen LogP contribution is -2.28. The van der Waals surface area contributed by atoms with Gasteiger partial charge in [-0.05, 0) is 49.9 Å². The summed E-state index contributed by atoms with van der Waals surface area (Å²) < 4.78 is 0. The van der Waals surface area contributed by atoms with Crippen molar-refractivity contribution in [2.24, 2.45) is 17.8 Å². The molecule has 0 unspecified atom stereocenters. The van der Waals surface area contributed by atoms with Crippen LogP contribution in [-0.2, 0) is 0 Å². The van der Waals surface area contributed by atoms with Gasteiger partial charge in [-0.15, -0.1) is 0 Å². The molecule has 0 heterocycles. The van der Waals surface area contributed by atoms with Crippen molar-refractivity contribution in [2.75, 3.05) is 0 Å². The summed E-state index contributed by atoms with van der Waals surface area (Å²) in [6, 6.07) is 0. The first kappa shape index (κ1) is 16.3. The minimum Gasteiger partial charge on any atom is -0.393 e. The van der Waals surface area contributed by atoms with Crippen LogP contribution in [0.4, 0.5) is 0 Å².